The van der Waals surface area contributed by atoms with Gasteiger partial charge in [0.2, 0.25) is 0 Å². The minimum Gasteiger partial charge on any atom is -0.314 e. The summed E-state index contributed by atoms with van der Waals surface area (Å²) in [5.74, 6) is 0.885. The molecule has 0 spiro atoms. The zero-order valence-electron chi connectivity index (χ0n) is 13.9. The molecule has 0 aromatic carbocycles. The molecule has 0 aromatic rings. The third-order valence-electron chi connectivity index (χ3n) is 5.47. The van der Waals surface area contributed by atoms with Crippen molar-refractivity contribution in [2.24, 2.45) is 5.92 Å². The summed E-state index contributed by atoms with van der Waals surface area (Å²) in [6.45, 7) is 10.9. The first kappa shape index (κ1) is 16.3. The van der Waals surface area contributed by atoms with E-state index in [9.17, 15) is 0 Å². The van der Waals surface area contributed by atoms with E-state index in [0.717, 1.165) is 18.0 Å². The molecule has 1 aliphatic heterocycles. The third kappa shape index (κ3) is 4.44. The van der Waals surface area contributed by atoms with Crippen LogP contribution in [0.15, 0.2) is 0 Å². The maximum Gasteiger partial charge on any atom is 0.0117 e. The summed E-state index contributed by atoms with van der Waals surface area (Å²) in [6.07, 6.45) is 8.24. The number of rotatable bonds is 7. The lowest BCUT2D eigenvalue weighted by Gasteiger charge is -2.38. The Morgan fingerprint density at radius 2 is 1.85 bits per heavy atom. The molecule has 2 unspecified atom stereocenters. The number of piperidine rings is 1. The van der Waals surface area contributed by atoms with Gasteiger partial charge in [0.25, 0.3) is 0 Å². The molecule has 0 amide bonds. The van der Waals surface area contributed by atoms with Crippen molar-refractivity contribution in [3.8, 4) is 0 Å². The minimum absolute atomic E-state index is 0.785. The quantitative estimate of drug-likeness (QED) is 0.774. The highest BCUT2D eigenvalue weighted by atomic mass is 15.2. The van der Waals surface area contributed by atoms with Crippen LogP contribution in [-0.2, 0) is 0 Å². The standard InChI is InChI=1S/C17H35N3/c1-4-11-18-17-8-6-7-15(17)14-19(3)16-9-12-20(5-2)13-10-16/h15-18H,4-14H2,1-3H3. The first-order chi connectivity index (χ1) is 9.74. The zero-order chi connectivity index (χ0) is 14.4. The summed E-state index contributed by atoms with van der Waals surface area (Å²) < 4.78 is 0. The van der Waals surface area contributed by atoms with Crippen molar-refractivity contribution >= 4 is 0 Å². The van der Waals surface area contributed by atoms with E-state index in [-0.39, 0.29) is 0 Å². The van der Waals surface area contributed by atoms with E-state index >= 15 is 0 Å². The molecule has 118 valence electrons. The van der Waals surface area contributed by atoms with Gasteiger partial charge in [-0.25, -0.2) is 0 Å². The molecule has 2 aliphatic rings. The molecule has 3 nitrogen and oxygen atoms in total. The van der Waals surface area contributed by atoms with E-state index in [1.165, 1.54) is 71.2 Å². The second-order valence-electron chi connectivity index (χ2n) is 6.86. The van der Waals surface area contributed by atoms with Crippen LogP contribution >= 0.6 is 0 Å². The van der Waals surface area contributed by atoms with Crippen molar-refractivity contribution in [3.05, 3.63) is 0 Å². The summed E-state index contributed by atoms with van der Waals surface area (Å²) in [7, 11) is 2.36. The van der Waals surface area contributed by atoms with Gasteiger partial charge < -0.3 is 15.1 Å². The first-order valence-corrected chi connectivity index (χ1v) is 8.90. The largest absolute Gasteiger partial charge is 0.314 e. The number of hydrogen-bond donors (Lipinski definition) is 1. The lowest BCUT2D eigenvalue weighted by atomic mass is 9.99. The predicted molar refractivity (Wildman–Crippen MR) is 87.2 cm³/mol. The van der Waals surface area contributed by atoms with E-state index in [1.807, 2.05) is 0 Å². The molecule has 1 saturated carbocycles. The molecule has 2 atom stereocenters. The average Bonchev–Trinajstić information content (AvgIpc) is 2.92. The van der Waals surface area contributed by atoms with Crippen molar-refractivity contribution in [2.45, 2.75) is 64.5 Å². The third-order valence-corrected chi connectivity index (χ3v) is 5.47. The van der Waals surface area contributed by atoms with Crippen LogP contribution in [0.25, 0.3) is 0 Å². The van der Waals surface area contributed by atoms with Crippen LogP contribution in [0, 0.1) is 5.92 Å². The van der Waals surface area contributed by atoms with Gasteiger partial charge in [-0.3, -0.25) is 0 Å². The molecule has 1 saturated heterocycles. The Morgan fingerprint density at radius 1 is 1.10 bits per heavy atom. The van der Waals surface area contributed by atoms with E-state index in [0.29, 0.717) is 0 Å². The SMILES string of the molecule is CCCNC1CCCC1CN(C)C1CCN(CC)CC1. The van der Waals surface area contributed by atoms with Gasteiger partial charge in [0.15, 0.2) is 0 Å². The number of hydrogen-bond acceptors (Lipinski definition) is 3. The number of nitrogens with one attached hydrogen (secondary N) is 1. The smallest absolute Gasteiger partial charge is 0.0117 e. The van der Waals surface area contributed by atoms with Gasteiger partial charge in [-0.2, -0.15) is 0 Å². The molecule has 1 N–H and O–H groups in total. The van der Waals surface area contributed by atoms with Crippen molar-refractivity contribution in [2.75, 3.05) is 39.8 Å². The lowest BCUT2D eigenvalue weighted by Crippen LogP contribution is -2.46. The first-order valence-electron chi connectivity index (χ1n) is 8.90. The molecule has 3 heteroatoms. The van der Waals surface area contributed by atoms with Crippen LogP contribution in [0.5, 0.6) is 0 Å². The summed E-state index contributed by atoms with van der Waals surface area (Å²) in [5, 5.41) is 3.77. The maximum atomic E-state index is 3.77. The number of nitrogens with zero attached hydrogens (tertiary/aromatic N) is 2. The molecular formula is C17H35N3. The Bertz CT molecular complexity index is 261. The topological polar surface area (TPSA) is 18.5 Å². The van der Waals surface area contributed by atoms with E-state index < -0.39 is 0 Å². The Hall–Kier alpha value is -0.120. The van der Waals surface area contributed by atoms with Gasteiger partial charge in [0.05, 0.1) is 0 Å². The average molecular weight is 281 g/mol. The molecule has 2 fully saturated rings. The van der Waals surface area contributed by atoms with Gasteiger partial charge >= 0.3 is 0 Å². The van der Waals surface area contributed by atoms with Crippen molar-refractivity contribution in [1.29, 1.82) is 0 Å². The highest BCUT2D eigenvalue weighted by molar-refractivity contribution is 4.87. The normalized spacial score (nSPS) is 29.4. The molecular weight excluding hydrogens is 246 g/mol. The van der Waals surface area contributed by atoms with Crippen LogP contribution in [0.3, 0.4) is 0 Å². The zero-order valence-corrected chi connectivity index (χ0v) is 13.9. The van der Waals surface area contributed by atoms with Gasteiger partial charge in [-0.1, -0.05) is 20.3 Å². The fourth-order valence-corrected chi connectivity index (χ4v) is 4.05. The van der Waals surface area contributed by atoms with Crippen molar-refractivity contribution in [3.63, 3.8) is 0 Å². The van der Waals surface area contributed by atoms with Crippen LogP contribution in [0.2, 0.25) is 0 Å². The highest BCUT2D eigenvalue weighted by Gasteiger charge is 2.30. The summed E-state index contributed by atoms with van der Waals surface area (Å²) in [4.78, 5) is 5.26. The number of likely N-dealkylation sites (tertiary alicyclic amines) is 1. The molecule has 1 heterocycles. The molecule has 0 aromatic heterocycles. The van der Waals surface area contributed by atoms with Gasteiger partial charge in [-0.05, 0) is 71.2 Å². The molecule has 1 aliphatic carbocycles. The van der Waals surface area contributed by atoms with Crippen molar-refractivity contribution < 1.29 is 0 Å². The Morgan fingerprint density at radius 3 is 2.50 bits per heavy atom. The predicted octanol–water partition coefficient (Wildman–Crippen LogP) is 2.57. The van der Waals surface area contributed by atoms with E-state index in [1.54, 1.807) is 0 Å². The van der Waals surface area contributed by atoms with Crippen LogP contribution in [0.4, 0.5) is 0 Å². The highest BCUT2D eigenvalue weighted by Crippen LogP contribution is 2.27. The fraction of sp³-hybridized carbons (Fsp3) is 1.00. The Kier molecular flexibility index (Phi) is 6.79. The van der Waals surface area contributed by atoms with Gasteiger partial charge in [0.1, 0.15) is 0 Å². The fourth-order valence-electron chi connectivity index (χ4n) is 4.05. The van der Waals surface area contributed by atoms with E-state index in [4.69, 9.17) is 0 Å². The van der Waals surface area contributed by atoms with E-state index in [2.05, 4.69) is 36.0 Å². The summed E-state index contributed by atoms with van der Waals surface area (Å²) >= 11 is 0. The van der Waals surface area contributed by atoms with Gasteiger partial charge in [0, 0.05) is 18.6 Å². The second-order valence-corrected chi connectivity index (χ2v) is 6.86. The molecule has 0 radical (unpaired) electrons. The summed E-state index contributed by atoms with van der Waals surface area (Å²) in [6, 6.07) is 1.61. The van der Waals surface area contributed by atoms with Crippen molar-refractivity contribution in [1.82, 2.24) is 15.1 Å². The monoisotopic (exact) mass is 281 g/mol. The van der Waals surface area contributed by atoms with Crippen LogP contribution in [-0.4, -0.2) is 61.7 Å². The molecule has 2 rings (SSSR count). The molecule has 20 heavy (non-hydrogen) atoms. The molecule has 0 bridgehead atoms. The minimum atomic E-state index is 0.785. The second kappa shape index (κ2) is 8.35. The van der Waals surface area contributed by atoms with Crippen LogP contribution in [0.1, 0.15) is 52.4 Å². The summed E-state index contributed by atoms with van der Waals surface area (Å²) in [5.41, 5.74) is 0. The maximum absolute atomic E-state index is 3.77. The lowest BCUT2D eigenvalue weighted by molar-refractivity contribution is 0.114. The Balaban J connectivity index is 1.74. The van der Waals surface area contributed by atoms with Crippen LogP contribution < -0.4 is 5.32 Å². The van der Waals surface area contributed by atoms with Gasteiger partial charge in [-0.15, -0.1) is 0 Å². The Labute approximate surface area is 126 Å².